The normalized spacial score (nSPS) is 13.3. The molecule has 0 aliphatic heterocycles. The van der Waals surface area contributed by atoms with Gasteiger partial charge in [0.2, 0.25) is 0 Å². The average Bonchev–Trinajstić information content (AvgIpc) is 1.61. The van der Waals surface area contributed by atoms with Crippen LogP contribution in [0.2, 0.25) is 0 Å². The lowest BCUT2D eigenvalue weighted by molar-refractivity contribution is 0.689. The number of hydrogen-bond acceptors (Lipinski definition) is 2. The summed E-state index contributed by atoms with van der Waals surface area (Å²) in [5.41, 5.74) is 0. The highest BCUT2D eigenvalue weighted by Gasteiger charge is 1.83. The summed E-state index contributed by atoms with van der Waals surface area (Å²) >= 11 is 1.48. The lowest BCUT2D eigenvalue weighted by atomic mass is 11.3. The van der Waals surface area contributed by atoms with Crippen LogP contribution in [0.3, 0.4) is 0 Å². The third-order valence-corrected chi connectivity index (χ3v) is 2.46. The lowest BCUT2D eigenvalue weighted by Crippen LogP contribution is -1.84. The Kier molecular flexibility index (Phi) is 4.55. The second-order valence-electron chi connectivity index (χ2n) is 1.02. The predicted molar refractivity (Wildman–Crippen MR) is 36.7 cm³/mol. The smallest absolute Gasteiger partial charge is 0.0730 e. The van der Waals surface area contributed by atoms with E-state index in [-0.39, 0.29) is 0 Å². The molecule has 1 unspecified atom stereocenters. The maximum Gasteiger partial charge on any atom is 0.0730 e. The van der Waals surface area contributed by atoms with Gasteiger partial charge in [-0.05, 0) is 5.41 Å². The second kappa shape index (κ2) is 4.40. The van der Waals surface area contributed by atoms with E-state index >= 15 is 0 Å². The number of hydrogen-bond donors (Lipinski definition) is 0. The first-order valence-corrected chi connectivity index (χ1v) is 4.57. The van der Waals surface area contributed by atoms with E-state index in [1.54, 1.807) is 11.7 Å². The summed E-state index contributed by atoms with van der Waals surface area (Å²) in [5.74, 6) is 0. The van der Waals surface area contributed by atoms with Crippen molar-refractivity contribution in [3.8, 4) is 0 Å². The van der Waals surface area contributed by atoms with Gasteiger partial charge in [0, 0.05) is 17.1 Å². The van der Waals surface area contributed by atoms with Gasteiger partial charge in [0.05, 0.1) is 5.08 Å². The fourth-order valence-electron chi connectivity index (χ4n) is 0.144. The first-order valence-electron chi connectivity index (χ1n) is 1.80. The molecule has 0 saturated carbocycles. The van der Waals surface area contributed by atoms with Crippen LogP contribution in [-0.2, 0) is 10.8 Å². The minimum absolute atomic E-state index is 0.670. The molecule has 0 bridgehead atoms. The van der Waals surface area contributed by atoms with Gasteiger partial charge >= 0.3 is 0 Å². The van der Waals surface area contributed by atoms with Crippen molar-refractivity contribution in [3.63, 3.8) is 0 Å². The number of rotatable bonds is 3. The highest BCUT2D eigenvalue weighted by molar-refractivity contribution is 8.11. The average molecular weight is 136 g/mol. The first-order chi connectivity index (χ1) is 3.27. The van der Waals surface area contributed by atoms with Gasteiger partial charge in [0.25, 0.3) is 0 Å². The zero-order valence-electron chi connectivity index (χ0n) is 4.22. The standard InChI is InChI=1S/C4H8OS2/c1-3-6-4-7(2)5/h3H,1,4H2,2H3. The van der Waals surface area contributed by atoms with Gasteiger partial charge in [-0.15, -0.1) is 11.8 Å². The van der Waals surface area contributed by atoms with E-state index in [4.69, 9.17) is 0 Å². The monoisotopic (exact) mass is 136 g/mol. The molecule has 7 heavy (non-hydrogen) atoms. The Morgan fingerprint density at radius 2 is 2.57 bits per heavy atom. The molecule has 0 amide bonds. The van der Waals surface area contributed by atoms with Crippen molar-refractivity contribution in [2.45, 2.75) is 0 Å². The van der Waals surface area contributed by atoms with Crippen molar-refractivity contribution in [2.75, 3.05) is 11.3 Å². The molecule has 0 aliphatic rings. The third-order valence-electron chi connectivity index (χ3n) is 0.352. The Morgan fingerprint density at radius 3 is 2.71 bits per heavy atom. The second-order valence-corrected chi connectivity index (χ2v) is 3.78. The lowest BCUT2D eigenvalue weighted by Gasteiger charge is -1.84. The van der Waals surface area contributed by atoms with E-state index in [0.717, 1.165) is 0 Å². The summed E-state index contributed by atoms with van der Waals surface area (Å²) in [6.07, 6.45) is 1.68. The molecular formula is C4H8OS2. The van der Waals surface area contributed by atoms with E-state index in [2.05, 4.69) is 6.58 Å². The van der Waals surface area contributed by atoms with Crippen molar-refractivity contribution in [2.24, 2.45) is 0 Å². The van der Waals surface area contributed by atoms with Gasteiger partial charge in [-0.1, -0.05) is 6.58 Å². The van der Waals surface area contributed by atoms with Crippen molar-refractivity contribution >= 4 is 22.6 Å². The summed E-state index contributed by atoms with van der Waals surface area (Å²) < 4.78 is 10.2. The highest BCUT2D eigenvalue weighted by atomic mass is 32.2. The summed E-state index contributed by atoms with van der Waals surface area (Å²) in [6, 6.07) is 0. The van der Waals surface area contributed by atoms with Crippen LogP contribution in [0.4, 0.5) is 0 Å². The molecule has 0 heterocycles. The number of thioether (sulfide) groups is 1. The van der Waals surface area contributed by atoms with Crippen molar-refractivity contribution in [1.29, 1.82) is 0 Å². The van der Waals surface area contributed by atoms with Crippen LogP contribution in [-0.4, -0.2) is 15.5 Å². The molecule has 0 aromatic rings. The van der Waals surface area contributed by atoms with Gasteiger partial charge in [-0.3, -0.25) is 4.21 Å². The minimum Gasteiger partial charge on any atom is -0.259 e. The largest absolute Gasteiger partial charge is 0.259 e. The van der Waals surface area contributed by atoms with E-state index in [0.29, 0.717) is 5.08 Å². The van der Waals surface area contributed by atoms with Crippen molar-refractivity contribution in [3.05, 3.63) is 12.0 Å². The van der Waals surface area contributed by atoms with Gasteiger partial charge in [0.1, 0.15) is 0 Å². The summed E-state index contributed by atoms with van der Waals surface area (Å²) in [6.45, 7) is 3.46. The van der Waals surface area contributed by atoms with Crippen molar-refractivity contribution < 1.29 is 4.21 Å². The predicted octanol–water partition coefficient (Wildman–Crippen LogP) is 1.20. The fraction of sp³-hybridized carbons (Fsp3) is 0.500. The molecule has 42 valence electrons. The minimum atomic E-state index is -0.674. The molecule has 0 saturated heterocycles. The van der Waals surface area contributed by atoms with Crippen LogP contribution in [0.15, 0.2) is 12.0 Å². The molecule has 1 nitrogen and oxygen atoms in total. The van der Waals surface area contributed by atoms with Crippen LogP contribution >= 0.6 is 11.8 Å². The third kappa shape index (κ3) is 6.24. The van der Waals surface area contributed by atoms with Crippen molar-refractivity contribution in [1.82, 2.24) is 0 Å². The molecule has 0 aromatic heterocycles. The Morgan fingerprint density at radius 1 is 2.00 bits per heavy atom. The van der Waals surface area contributed by atoms with Crippen LogP contribution in [0.5, 0.6) is 0 Å². The molecule has 0 rings (SSSR count). The SMILES string of the molecule is C=CSCS(C)=O. The molecule has 0 radical (unpaired) electrons. The van der Waals surface area contributed by atoms with Crippen LogP contribution in [0.25, 0.3) is 0 Å². The Balaban J connectivity index is 2.97. The highest BCUT2D eigenvalue weighted by Crippen LogP contribution is 1.99. The van der Waals surface area contributed by atoms with Crippen LogP contribution in [0.1, 0.15) is 0 Å². The molecule has 0 fully saturated rings. The molecule has 0 aliphatic carbocycles. The topological polar surface area (TPSA) is 17.1 Å². The van der Waals surface area contributed by atoms with E-state index in [1.807, 2.05) is 0 Å². The van der Waals surface area contributed by atoms with Gasteiger partial charge in [-0.2, -0.15) is 0 Å². The van der Waals surface area contributed by atoms with Crippen LogP contribution in [0, 0.1) is 0 Å². The Hall–Kier alpha value is 0.240. The van der Waals surface area contributed by atoms with E-state index < -0.39 is 10.8 Å². The van der Waals surface area contributed by atoms with Crippen LogP contribution < -0.4 is 0 Å². The molecule has 0 aromatic carbocycles. The molecule has 0 N–H and O–H groups in total. The summed E-state index contributed by atoms with van der Waals surface area (Å²) in [4.78, 5) is 0. The summed E-state index contributed by atoms with van der Waals surface area (Å²) in [5, 5.41) is 2.37. The van der Waals surface area contributed by atoms with Gasteiger partial charge in [0.15, 0.2) is 0 Å². The molecule has 0 spiro atoms. The zero-order valence-corrected chi connectivity index (χ0v) is 5.85. The zero-order chi connectivity index (χ0) is 5.70. The Bertz CT molecular complexity index is 79.8. The first kappa shape index (κ1) is 7.24. The van der Waals surface area contributed by atoms with Gasteiger partial charge < -0.3 is 0 Å². The van der Waals surface area contributed by atoms with E-state index in [9.17, 15) is 4.21 Å². The van der Waals surface area contributed by atoms with Gasteiger partial charge in [-0.25, -0.2) is 0 Å². The maximum absolute atomic E-state index is 10.2. The summed E-state index contributed by atoms with van der Waals surface area (Å²) in [7, 11) is -0.674. The fourth-order valence-corrected chi connectivity index (χ4v) is 1.30. The molecule has 1 atom stereocenters. The quantitative estimate of drug-likeness (QED) is 0.580. The molecular weight excluding hydrogens is 128 g/mol. The van der Waals surface area contributed by atoms with E-state index in [1.165, 1.54) is 11.8 Å². The molecule has 3 heteroatoms. The maximum atomic E-state index is 10.2. The Labute approximate surface area is 50.6 Å².